The molecular formula is C18H18N2O5. The zero-order valence-electron chi connectivity index (χ0n) is 14.2. The number of carbonyl (C=O) groups is 1. The quantitative estimate of drug-likeness (QED) is 0.635. The number of hydrogen-bond acceptors (Lipinski definition) is 7. The number of carbonyl (C=O) groups excluding carboxylic acids is 1. The van der Waals surface area contributed by atoms with Crippen LogP contribution in [0.25, 0.3) is 11.7 Å². The van der Waals surface area contributed by atoms with E-state index in [0.717, 1.165) is 16.7 Å². The van der Waals surface area contributed by atoms with Gasteiger partial charge in [-0.15, -0.1) is 10.2 Å². The molecule has 0 spiro atoms. The van der Waals surface area contributed by atoms with E-state index in [2.05, 4.69) is 10.2 Å². The van der Waals surface area contributed by atoms with Crippen molar-refractivity contribution in [2.24, 2.45) is 0 Å². The summed E-state index contributed by atoms with van der Waals surface area (Å²) in [5.41, 5.74) is 3.10. The van der Waals surface area contributed by atoms with Crippen molar-refractivity contribution in [3.8, 4) is 17.4 Å². The van der Waals surface area contributed by atoms with Crippen LogP contribution in [-0.2, 0) is 16.1 Å². The monoisotopic (exact) mass is 342 g/mol. The summed E-state index contributed by atoms with van der Waals surface area (Å²) in [4.78, 5) is 11.9. The molecular weight excluding hydrogens is 324 g/mol. The first-order valence-electron chi connectivity index (χ1n) is 7.75. The maximum atomic E-state index is 11.9. The van der Waals surface area contributed by atoms with Gasteiger partial charge in [-0.3, -0.25) is 0 Å². The van der Waals surface area contributed by atoms with Crippen molar-refractivity contribution in [2.75, 3.05) is 6.61 Å². The van der Waals surface area contributed by atoms with E-state index in [9.17, 15) is 4.79 Å². The molecule has 3 aromatic rings. The number of benzene rings is 1. The maximum absolute atomic E-state index is 11.9. The number of nitrogens with zero attached hydrogens (tertiary/aromatic N) is 2. The lowest BCUT2D eigenvalue weighted by Gasteiger charge is -2.12. The Hall–Kier alpha value is -3.09. The fourth-order valence-corrected chi connectivity index (χ4v) is 2.52. The molecule has 0 aliphatic rings. The summed E-state index contributed by atoms with van der Waals surface area (Å²) in [7, 11) is 0. The van der Waals surface area contributed by atoms with Crippen molar-refractivity contribution >= 4 is 5.97 Å². The molecule has 0 saturated heterocycles. The van der Waals surface area contributed by atoms with Gasteiger partial charge < -0.3 is 18.3 Å². The molecule has 0 amide bonds. The van der Waals surface area contributed by atoms with Gasteiger partial charge in [-0.05, 0) is 44.0 Å². The highest BCUT2D eigenvalue weighted by atomic mass is 16.6. The third-order valence-electron chi connectivity index (χ3n) is 3.49. The number of hydrogen-bond donors (Lipinski definition) is 0. The predicted octanol–water partition coefficient (Wildman–Crippen LogP) is 3.38. The molecule has 3 rings (SSSR count). The number of ether oxygens (including phenoxy) is 2. The van der Waals surface area contributed by atoms with Crippen LogP contribution in [0.2, 0.25) is 0 Å². The van der Waals surface area contributed by atoms with Crippen LogP contribution in [-0.4, -0.2) is 22.8 Å². The highest BCUT2D eigenvalue weighted by Gasteiger charge is 2.14. The summed E-state index contributed by atoms with van der Waals surface area (Å²) in [6.45, 7) is 5.58. The molecule has 0 aliphatic heterocycles. The summed E-state index contributed by atoms with van der Waals surface area (Å²) in [6.07, 6.45) is 1.51. The summed E-state index contributed by atoms with van der Waals surface area (Å²) >= 11 is 0. The van der Waals surface area contributed by atoms with Gasteiger partial charge >= 0.3 is 5.97 Å². The van der Waals surface area contributed by atoms with Crippen molar-refractivity contribution in [1.29, 1.82) is 0 Å². The SMILES string of the molecule is Cc1cc(C)c(OCC(=O)OCc2nnc(-c3ccco3)o2)c(C)c1. The van der Waals surface area contributed by atoms with E-state index < -0.39 is 5.97 Å². The normalized spacial score (nSPS) is 10.7. The molecule has 0 unspecified atom stereocenters. The molecule has 25 heavy (non-hydrogen) atoms. The Balaban J connectivity index is 1.52. The third-order valence-corrected chi connectivity index (χ3v) is 3.49. The zero-order chi connectivity index (χ0) is 17.8. The van der Waals surface area contributed by atoms with Crippen molar-refractivity contribution in [2.45, 2.75) is 27.4 Å². The molecule has 7 nitrogen and oxygen atoms in total. The predicted molar refractivity (Wildman–Crippen MR) is 87.9 cm³/mol. The molecule has 2 aromatic heterocycles. The minimum Gasteiger partial charge on any atom is -0.481 e. The summed E-state index contributed by atoms with van der Waals surface area (Å²) in [5.74, 6) is 1.05. The minimum atomic E-state index is -0.517. The Morgan fingerprint density at radius 3 is 2.60 bits per heavy atom. The van der Waals surface area contributed by atoms with Gasteiger partial charge in [-0.25, -0.2) is 4.79 Å². The Labute approximate surface area is 144 Å². The Morgan fingerprint density at radius 1 is 1.16 bits per heavy atom. The lowest BCUT2D eigenvalue weighted by atomic mass is 10.1. The van der Waals surface area contributed by atoms with Gasteiger partial charge in [0, 0.05) is 0 Å². The lowest BCUT2D eigenvalue weighted by Crippen LogP contribution is -2.15. The van der Waals surface area contributed by atoms with Crippen LogP contribution in [0, 0.1) is 20.8 Å². The standard InChI is InChI=1S/C18H18N2O5/c1-11-7-12(2)17(13(3)8-11)24-10-16(21)23-9-15-19-20-18(25-15)14-5-4-6-22-14/h4-8H,9-10H2,1-3H3. The first-order valence-corrected chi connectivity index (χ1v) is 7.75. The fraction of sp³-hybridized carbons (Fsp3) is 0.278. The zero-order valence-corrected chi connectivity index (χ0v) is 14.2. The van der Waals surface area contributed by atoms with E-state index in [0.29, 0.717) is 11.5 Å². The van der Waals surface area contributed by atoms with Gasteiger partial charge in [0.25, 0.3) is 11.8 Å². The number of furan rings is 1. The van der Waals surface area contributed by atoms with Gasteiger partial charge in [0.15, 0.2) is 19.0 Å². The van der Waals surface area contributed by atoms with Gasteiger partial charge in [0.05, 0.1) is 6.26 Å². The molecule has 2 heterocycles. The van der Waals surface area contributed by atoms with Crippen LogP contribution in [0.1, 0.15) is 22.6 Å². The van der Waals surface area contributed by atoms with E-state index in [1.165, 1.54) is 6.26 Å². The van der Waals surface area contributed by atoms with Crippen molar-refractivity contribution < 1.29 is 23.1 Å². The largest absolute Gasteiger partial charge is 0.481 e. The molecule has 7 heteroatoms. The number of aromatic nitrogens is 2. The number of rotatable bonds is 6. The van der Waals surface area contributed by atoms with Crippen molar-refractivity contribution in [3.05, 3.63) is 53.1 Å². The molecule has 1 aromatic carbocycles. The second-order valence-corrected chi connectivity index (χ2v) is 5.66. The summed E-state index contributed by atoms with van der Waals surface area (Å²) in [5, 5.41) is 7.63. The molecule has 0 bridgehead atoms. The van der Waals surface area contributed by atoms with E-state index >= 15 is 0 Å². The van der Waals surface area contributed by atoms with E-state index in [-0.39, 0.29) is 25.0 Å². The van der Waals surface area contributed by atoms with Crippen LogP contribution < -0.4 is 4.74 Å². The third kappa shape index (κ3) is 4.06. The topological polar surface area (TPSA) is 87.6 Å². The van der Waals surface area contributed by atoms with Crippen molar-refractivity contribution in [1.82, 2.24) is 10.2 Å². The van der Waals surface area contributed by atoms with Gasteiger partial charge in [0.1, 0.15) is 5.75 Å². The Kier molecular flexibility index (Phi) is 4.83. The lowest BCUT2D eigenvalue weighted by molar-refractivity contribution is -0.148. The molecule has 130 valence electrons. The first-order chi connectivity index (χ1) is 12.0. The van der Waals surface area contributed by atoms with Crippen LogP contribution in [0.15, 0.2) is 39.4 Å². The van der Waals surface area contributed by atoms with Crippen molar-refractivity contribution in [3.63, 3.8) is 0 Å². The second-order valence-electron chi connectivity index (χ2n) is 5.66. The molecule has 0 radical (unpaired) electrons. The molecule has 0 saturated carbocycles. The molecule has 0 aliphatic carbocycles. The minimum absolute atomic E-state index is 0.123. The molecule has 0 atom stereocenters. The smallest absolute Gasteiger partial charge is 0.344 e. The van der Waals surface area contributed by atoms with Crippen LogP contribution in [0.3, 0.4) is 0 Å². The number of aryl methyl sites for hydroxylation is 3. The van der Waals surface area contributed by atoms with E-state index in [1.807, 2.05) is 32.9 Å². The summed E-state index contributed by atoms with van der Waals surface area (Å²) in [6, 6.07) is 7.42. The average Bonchev–Trinajstić information content (AvgIpc) is 3.23. The first kappa shape index (κ1) is 16.8. The highest BCUT2D eigenvalue weighted by molar-refractivity contribution is 5.71. The van der Waals surface area contributed by atoms with E-state index in [1.54, 1.807) is 12.1 Å². The second kappa shape index (κ2) is 7.21. The number of esters is 1. The van der Waals surface area contributed by atoms with Crippen LogP contribution >= 0.6 is 0 Å². The molecule has 0 N–H and O–H groups in total. The maximum Gasteiger partial charge on any atom is 0.344 e. The van der Waals surface area contributed by atoms with Gasteiger partial charge in [-0.1, -0.05) is 17.7 Å². The summed E-state index contributed by atoms with van der Waals surface area (Å²) < 4.78 is 21.2. The van der Waals surface area contributed by atoms with Gasteiger partial charge in [0.2, 0.25) is 0 Å². The van der Waals surface area contributed by atoms with E-state index in [4.69, 9.17) is 18.3 Å². The fourth-order valence-electron chi connectivity index (χ4n) is 2.52. The van der Waals surface area contributed by atoms with Crippen LogP contribution in [0.4, 0.5) is 0 Å². The van der Waals surface area contributed by atoms with Crippen LogP contribution in [0.5, 0.6) is 5.75 Å². The van der Waals surface area contributed by atoms with Gasteiger partial charge in [-0.2, -0.15) is 0 Å². The average molecular weight is 342 g/mol. The Bertz CT molecular complexity index is 844. The Morgan fingerprint density at radius 2 is 1.92 bits per heavy atom. The highest BCUT2D eigenvalue weighted by Crippen LogP contribution is 2.24. The molecule has 0 fully saturated rings.